The highest BCUT2D eigenvalue weighted by Crippen LogP contribution is 2.20. The van der Waals surface area contributed by atoms with Crippen molar-refractivity contribution >= 4 is 23.7 Å². The minimum absolute atomic E-state index is 0.133. The molecule has 0 unspecified atom stereocenters. The summed E-state index contributed by atoms with van der Waals surface area (Å²) >= 11 is 0. The lowest BCUT2D eigenvalue weighted by Crippen LogP contribution is -2.34. The van der Waals surface area contributed by atoms with Crippen LogP contribution in [0.4, 0.5) is 19.3 Å². The van der Waals surface area contributed by atoms with Crippen LogP contribution in [0.15, 0.2) is 12.1 Å². The van der Waals surface area contributed by atoms with Gasteiger partial charge in [-0.2, -0.15) is 0 Å². The molecule has 1 aromatic carbocycles. The largest absolute Gasteiger partial charge is 0.478 e. The summed E-state index contributed by atoms with van der Waals surface area (Å²) in [6.45, 7) is 1.26. The molecule has 1 aromatic rings. The van der Waals surface area contributed by atoms with Crippen LogP contribution < -0.4 is 10.6 Å². The zero-order valence-electron chi connectivity index (χ0n) is 10.9. The van der Waals surface area contributed by atoms with Crippen LogP contribution in [0.5, 0.6) is 0 Å². The Morgan fingerprint density at radius 1 is 1.24 bits per heavy atom. The highest BCUT2D eigenvalue weighted by Gasteiger charge is 2.17. The van der Waals surface area contributed by atoms with E-state index >= 15 is 0 Å². The van der Waals surface area contributed by atoms with E-state index in [1.54, 1.807) is 6.92 Å². The van der Waals surface area contributed by atoms with E-state index in [1.165, 1.54) is 0 Å². The average Bonchev–Trinajstić information content (AvgIpc) is 2.40. The first-order chi connectivity index (χ1) is 9.85. The number of anilines is 1. The summed E-state index contributed by atoms with van der Waals surface area (Å²) in [5, 5.41) is 12.9. The van der Waals surface area contributed by atoms with E-state index in [4.69, 9.17) is 5.11 Å². The molecule has 0 heterocycles. The van der Waals surface area contributed by atoms with Crippen LogP contribution in [0.3, 0.4) is 0 Å². The van der Waals surface area contributed by atoms with E-state index in [0.717, 1.165) is 0 Å². The van der Waals surface area contributed by atoms with E-state index in [9.17, 15) is 23.2 Å². The molecule has 114 valence electrons. The van der Waals surface area contributed by atoms with Gasteiger partial charge >= 0.3 is 18.0 Å². The maximum Gasteiger partial charge on any atom is 0.337 e. The third-order valence-corrected chi connectivity index (χ3v) is 2.24. The van der Waals surface area contributed by atoms with Crippen molar-refractivity contribution in [2.24, 2.45) is 0 Å². The van der Waals surface area contributed by atoms with Crippen molar-refractivity contribution in [3.05, 3.63) is 29.3 Å². The van der Waals surface area contributed by atoms with Gasteiger partial charge in [0.05, 0.1) is 17.9 Å². The van der Waals surface area contributed by atoms with Crippen LogP contribution in [-0.4, -0.2) is 36.2 Å². The third-order valence-electron chi connectivity index (χ3n) is 2.24. The lowest BCUT2D eigenvalue weighted by Gasteiger charge is -2.10. The van der Waals surface area contributed by atoms with Crippen molar-refractivity contribution < 1.29 is 33.0 Å². The Labute approximate surface area is 117 Å². The van der Waals surface area contributed by atoms with E-state index in [1.807, 2.05) is 5.32 Å². The molecule has 0 spiro atoms. The lowest BCUT2D eigenvalue weighted by atomic mass is 10.1. The van der Waals surface area contributed by atoms with Crippen LogP contribution in [0, 0.1) is 11.6 Å². The Balaban J connectivity index is 2.78. The minimum Gasteiger partial charge on any atom is -0.478 e. The van der Waals surface area contributed by atoms with Gasteiger partial charge in [0.2, 0.25) is 0 Å². The van der Waals surface area contributed by atoms with Gasteiger partial charge in [0, 0.05) is 6.07 Å². The highest BCUT2D eigenvalue weighted by molar-refractivity contribution is 6.00. The number of hydrogen-bond acceptors (Lipinski definition) is 4. The van der Waals surface area contributed by atoms with Crippen LogP contribution in [0.25, 0.3) is 0 Å². The molecule has 0 aliphatic rings. The number of carboxylic acid groups (broad SMARTS) is 1. The summed E-state index contributed by atoms with van der Waals surface area (Å²) < 4.78 is 30.6. The summed E-state index contributed by atoms with van der Waals surface area (Å²) in [4.78, 5) is 33.3. The SMILES string of the molecule is CCOC(=O)CNC(=O)Nc1cc(F)c(F)cc1C(=O)O. The maximum absolute atomic E-state index is 13.1. The predicted molar refractivity (Wildman–Crippen MR) is 67.0 cm³/mol. The zero-order chi connectivity index (χ0) is 16.0. The Morgan fingerprint density at radius 2 is 1.86 bits per heavy atom. The first kappa shape index (κ1) is 16.3. The standard InChI is InChI=1S/C12H12F2N2O5/c1-2-21-10(17)5-15-12(20)16-9-4-8(14)7(13)3-6(9)11(18)19/h3-4H,2,5H2,1H3,(H,18,19)(H2,15,16,20). The Bertz CT molecular complexity index is 577. The van der Waals surface area contributed by atoms with Gasteiger partial charge in [-0.3, -0.25) is 4.79 Å². The van der Waals surface area contributed by atoms with Crippen molar-refractivity contribution in [2.75, 3.05) is 18.5 Å². The Hall–Kier alpha value is -2.71. The van der Waals surface area contributed by atoms with Gasteiger partial charge in [0.1, 0.15) is 6.54 Å². The van der Waals surface area contributed by atoms with E-state index < -0.39 is 47.4 Å². The molecule has 3 N–H and O–H groups in total. The van der Waals surface area contributed by atoms with Gasteiger partial charge in [0.15, 0.2) is 11.6 Å². The molecule has 0 aliphatic carbocycles. The summed E-state index contributed by atoms with van der Waals surface area (Å²) in [5.74, 6) is -4.92. The number of amides is 2. The van der Waals surface area contributed by atoms with Crippen molar-refractivity contribution in [1.29, 1.82) is 0 Å². The average molecular weight is 302 g/mol. The third kappa shape index (κ3) is 4.71. The number of carbonyl (C=O) groups excluding carboxylic acids is 2. The van der Waals surface area contributed by atoms with Gasteiger partial charge in [0.25, 0.3) is 0 Å². The Kier molecular flexibility index (Phi) is 5.58. The van der Waals surface area contributed by atoms with Crippen LogP contribution >= 0.6 is 0 Å². The fraction of sp³-hybridized carbons (Fsp3) is 0.250. The molecule has 1 rings (SSSR count). The van der Waals surface area contributed by atoms with Gasteiger partial charge in [-0.05, 0) is 13.0 Å². The second-order valence-electron chi connectivity index (χ2n) is 3.73. The van der Waals surface area contributed by atoms with Gasteiger partial charge in [-0.15, -0.1) is 0 Å². The molecule has 0 aromatic heterocycles. The van der Waals surface area contributed by atoms with Crippen LogP contribution in [-0.2, 0) is 9.53 Å². The molecule has 0 saturated heterocycles. The summed E-state index contributed by atoms with van der Waals surface area (Å²) in [7, 11) is 0. The molecule has 0 aliphatic heterocycles. The minimum atomic E-state index is -1.55. The molecular weight excluding hydrogens is 290 g/mol. The molecule has 2 amide bonds. The normalized spacial score (nSPS) is 9.86. The number of carboxylic acids is 1. The summed E-state index contributed by atoms with van der Waals surface area (Å²) in [5.41, 5.74) is -1.07. The number of hydrogen-bond donors (Lipinski definition) is 3. The van der Waals surface area contributed by atoms with Crippen LogP contribution in [0.2, 0.25) is 0 Å². The van der Waals surface area contributed by atoms with E-state index in [2.05, 4.69) is 10.1 Å². The number of benzene rings is 1. The molecule has 0 saturated carbocycles. The highest BCUT2D eigenvalue weighted by atomic mass is 19.2. The maximum atomic E-state index is 13.1. The van der Waals surface area contributed by atoms with Gasteiger partial charge in [-0.1, -0.05) is 0 Å². The molecule has 0 radical (unpaired) electrons. The first-order valence-electron chi connectivity index (χ1n) is 5.78. The van der Waals surface area contributed by atoms with Crippen molar-refractivity contribution in [3.63, 3.8) is 0 Å². The fourth-order valence-electron chi connectivity index (χ4n) is 1.36. The van der Waals surface area contributed by atoms with E-state index in [-0.39, 0.29) is 6.61 Å². The quantitative estimate of drug-likeness (QED) is 0.712. The summed E-state index contributed by atoms with van der Waals surface area (Å²) in [6.07, 6.45) is 0. The number of carbonyl (C=O) groups is 3. The van der Waals surface area contributed by atoms with Crippen molar-refractivity contribution in [3.8, 4) is 0 Å². The number of esters is 1. The summed E-state index contributed by atoms with van der Waals surface area (Å²) in [6, 6.07) is 0.0121. The van der Waals surface area contributed by atoms with Gasteiger partial charge in [-0.25, -0.2) is 18.4 Å². The first-order valence-corrected chi connectivity index (χ1v) is 5.78. The smallest absolute Gasteiger partial charge is 0.337 e. The molecule has 9 heteroatoms. The van der Waals surface area contributed by atoms with E-state index in [0.29, 0.717) is 12.1 Å². The Morgan fingerprint density at radius 3 is 2.43 bits per heavy atom. The lowest BCUT2D eigenvalue weighted by molar-refractivity contribution is -0.141. The molecule has 0 fully saturated rings. The second kappa shape index (κ2) is 7.17. The number of nitrogens with one attached hydrogen (secondary N) is 2. The van der Waals surface area contributed by atoms with Crippen molar-refractivity contribution in [1.82, 2.24) is 5.32 Å². The van der Waals surface area contributed by atoms with Gasteiger partial charge < -0.3 is 20.5 Å². The monoisotopic (exact) mass is 302 g/mol. The predicted octanol–water partition coefficient (Wildman–Crippen LogP) is 1.35. The molecule has 0 atom stereocenters. The molecule has 21 heavy (non-hydrogen) atoms. The van der Waals surface area contributed by atoms with Crippen molar-refractivity contribution in [2.45, 2.75) is 6.92 Å². The number of ether oxygens (including phenoxy) is 1. The number of rotatable bonds is 5. The number of urea groups is 1. The zero-order valence-corrected chi connectivity index (χ0v) is 10.9. The molecule has 7 nitrogen and oxygen atoms in total. The van der Waals surface area contributed by atoms with Crippen LogP contribution in [0.1, 0.15) is 17.3 Å². The topological polar surface area (TPSA) is 105 Å². The second-order valence-corrected chi connectivity index (χ2v) is 3.73. The molecular formula is C12H12F2N2O5. The molecule has 0 bridgehead atoms. The number of halogens is 2. The number of aromatic carboxylic acids is 1. The fourth-order valence-corrected chi connectivity index (χ4v) is 1.36.